The molecule has 1 saturated heterocycles. The van der Waals surface area contributed by atoms with Crippen molar-refractivity contribution in [1.29, 1.82) is 0 Å². The molecule has 1 aliphatic rings. The standard InChI is InChI=1S/C22H28N2O3S2/c25-22(14-17-28-18-19-8-4-3-5-9-19)23-20-10-12-21(13-11-20)29(26,27)24-15-6-1-2-7-16-24/h3-5,8-13H,1-2,6-7,14-18H2,(H,23,25). The molecule has 1 fully saturated rings. The Hall–Kier alpha value is -1.83. The highest BCUT2D eigenvalue weighted by Gasteiger charge is 2.24. The molecule has 0 bridgehead atoms. The fourth-order valence-electron chi connectivity index (χ4n) is 3.29. The van der Waals surface area contributed by atoms with Gasteiger partial charge in [-0.25, -0.2) is 8.42 Å². The SMILES string of the molecule is O=C(CCSCc1ccccc1)Nc1ccc(S(=O)(=O)N2CCCCCC2)cc1. The quantitative estimate of drug-likeness (QED) is 0.623. The second-order valence-corrected chi connectivity index (χ2v) is 10.2. The number of anilines is 1. The predicted molar refractivity (Wildman–Crippen MR) is 120 cm³/mol. The van der Waals surface area contributed by atoms with Gasteiger partial charge in [-0.3, -0.25) is 4.79 Å². The van der Waals surface area contributed by atoms with Gasteiger partial charge in [-0.15, -0.1) is 0 Å². The van der Waals surface area contributed by atoms with Crippen LogP contribution >= 0.6 is 11.8 Å². The Bertz CT molecular complexity index is 876. The van der Waals surface area contributed by atoms with E-state index in [0.29, 0.717) is 25.2 Å². The minimum atomic E-state index is -3.46. The third-order valence-corrected chi connectivity index (χ3v) is 7.87. The Labute approximate surface area is 177 Å². The Balaban J connectivity index is 1.47. The molecule has 0 aliphatic carbocycles. The molecule has 7 heteroatoms. The summed E-state index contributed by atoms with van der Waals surface area (Å²) in [6.07, 6.45) is 4.41. The van der Waals surface area contributed by atoms with Crippen molar-refractivity contribution in [3.05, 3.63) is 60.2 Å². The lowest BCUT2D eigenvalue weighted by atomic mass is 10.2. The smallest absolute Gasteiger partial charge is 0.243 e. The lowest BCUT2D eigenvalue weighted by Gasteiger charge is -2.20. The molecule has 0 aromatic heterocycles. The van der Waals surface area contributed by atoms with E-state index in [2.05, 4.69) is 17.4 Å². The van der Waals surface area contributed by atoms with Crippen molar-refractivity contribution in [2.45, 2.75) is 42.8 Å². The Kier molecular flexibility index (Phi) is 8.15. The molecule has 1 amide bonds. The summed E-state index contributed by atoms with van der Waals surface area (Å²) in [7, 11) is -3.46. The highest BCUT2D eigenvalue weighted by Crippen LogP contribution is 2.22. The van der Waals surface area contributed by atoms with Crippen molar-refractivity contribution in [1.82, 2.24) is 4.31 Å². The maximum atomic E-state index is 12.8. The normalized spacial score (nSPS) is 15.6. The van der Waals surface area contributed by atoms with Crippen LogP contribution in [0.2, 0.25) is 0 Å². The summed E-state index contributed by atoms with van der Waals surface area (Å²) in [5.74, 6) is 1.56. The summed E-state index contributed by atoms with van der Waals surface area (Å²) >= 11 is 1.72. The Morgan fingerprint density at radius 2 is 1.59 bits per heavy atom. The zero-order chi connectivity index (χ0) is 20.5. The van der Waals surface area contributed by atoms with E-state index in [1.54, 1.807) is 40.3 Å². The molecule has 5 nitrogen and oxygen atoms in total. The summed E-state index contributed by atoms with van der Waals surface area (Å²) in [6, 6.07) is 16.7. The van der Waals surface area contributed by atoms with Gasteiger partial charge in [0, 0.05) is 36.7 Å². The molecule has 0 saturated carbocycles. The molecule has 0 unspecified atom stereocenters. The highest BCUT2D eigenvalue weighted by molar-refractivity contribution is 7.98. The largest absolute Gasteiger partial charge is 0.326 e. The van der Waals surface area contributed by atoms with E-state index in [1.807, 2.05) is 18.2 Å². The maximum Gasteiger partial charge on any atom is 0.243 e. The van der Waals surface area contributed by atoms with Crippen LogP contribution in [0.25, 0.3) is 0 Å². The van der Waals surface area contributed by atoms with Crippen LogP contribution in [0.5, 0.6) is 0 Å². The first-order valence-electron chi connectivity index (χ1n) is 10.1. The topological polar surface area (TPSA) is 66.5 Å². The Morgan fingerprint density at radius 1 is 0.931 bits per heavy atom. The lowest BCUT2D eigenvalue weighted by Crippen LogP contribution is -2.31. The maximum absolute atomic E-state index is 12.8. The lowest BCUT2D eigenvalue weighted by molar-refractivity contribution is -0.115. The molecule has 2 aromatic rings. The molecule has 0 spiro atoms. The monoisotopic (exact) mass is 432 g/mol. The average molecular weight is 433 g/mol. The number of rotatable bonds is 8. The third-order valence-electron chi connectivity index (χ3n) is 4.93. The molecule has 29 heavy (non-hydrogen) atoms. The van der Waals surface area contributed by atoms with E-state index >= 15 is 0 Å². The van der Waals surface area contributed by atoms with Crippen LogP contribution in [0.15, 0.2) is 59.5 Å². The molecular weight excluding hydrogens is 404 g/mol. The molecule has 1 aliphatic heterocycles. The van der Waals surface area contributed by atoms with Gasteiger partial charge in [-0.05, 0) is 42.7 Å². The molecule has 1 heterocycles. The van der Waals surface area contributed by atoms with Crippen LogP contribution in [0.4, 0.5) is 5.69 Å². The first-order chi connectivity index (χ1) is 14.1. The van der Waals surface area contributed by atoms with E-state index in [1.165, 1.54) is 5.56 Å². The molecular formula is C22H28N2O3S2. The minimum Gasteiger partial charge on any atom is -0.326 e. The number of hydrogen-bond acceptors (Lipinski definition) is 4. The van der Waals surface area contributed by atoms with Crippen LogP contribution in [0.1, 0.15) is 37.7 Å². The van der Waals surface area contributed by atoms with E-state index in [9.17, 15) is 13.2 Å². The molecule has 3 rings (SSSR count). The number of nitrogens with zero attached hydrogens (tertiary/aromatic N) is 1. The zero-order valence-corrected chi connectivity index (χ0v) is 18.2. The van der Waals surface area contributed by atoms with Gasteiger partial charge in [0.25, 0.3) is 0 Å². The number of carbonyl (C=O) groups excluding carboxylic acids is 1. The molecule has 1 N–H and O–H groups in total. The molecule has 156 valence electrons. The van der Waals surface area contributed by atoms with E-state index < -0.39 is 10.0 Å². The van der Waals surface area contributed by atoms with Crippen LogP contribution in [0.3, 0.4) is 0 Å². The number of benzene rings is 2. The van der Waals surface area contributed by atoms with Gasteiger partial charge in [0.2, 0.25) is 15.9 Å². The number of carbonyl (C=O) groups is 1. The van der Waals surface area contributed by atoms with E-state index in [0.717, 1.165) is 37.2 Å². The van der Waals surface area contributed by atoms with Crippen LogP contribution in [-0.2, 0) is 20.6 Å². The van der Waals surface area contributed by atoms with Crippen molar-refractivity contribution < 1.29 is 13.2 Å². The first kappa shape index (κ1) is 21.9. The first-order valence-corrected chi connectivity index (χ1v) is 12.7. The van der Waals surface area contributed by atoms with Crippen LogP contribution in [-0.4, -0.2) is 37.5 Å². The number of amides is 1. The van der Waals surface area contributed by atoms with Gasteiger partial charge in [0.05, 0.1) is 4.90 Å². The van der Waals surface area contributed by atoms with Crippen molar-refractivity contribution >= 4 is 33.4 Å². The van der Waals surface area contributed by atoms with Gasteiger partial charge in [0.1, 0.15) is 0 Å². The van der Waals surface area contributed by atoms with Crippen molar-refractivity contribution in [2.75, 3.05) is 24.2 Å². The summed E-state index contributed by atoms with van der Waals surface area (Å²) in [5.41, 5.74) is 1.87. The molecule has 0 radical (unpaired) electrons. The second-order valence-electron chi connectivity index (χ2n) is 7.18. The summed E-state index contributed by atoms with van der Waals surface area (Å²) in [6.45, 7) is 1.17. The van der Waals surface area contributed by atoms with Crippen LogP contribution < -0.4 is 5.32 Å². The fourth-order valence-corrected chi connectivity index (χ4v) is 5.71. The number of hydrogen-bond donors (Lipinski definition) is 1. The van der Waals surface area contributed by atoms with Crippen molar-refractivity contribution in [2.24, 2.45) is 0 Å². The number of thioether (sulfide) groups is 1. The zero-order valence-electron chi connectivity index (χ0n) is 16.5. The van der Waals surface area contributed by atoms with Crippen LogP contribution in [0, 0.1) is 0 Å². The fraction of sp³-hybridized carbons (Fsp3) is 0.409. The van der Waals surface area contributed by atoms with Gasteiger partial charge in [0.15, 0.2) is 0 Å². The van der Waals surface area contributed by atoms with Gasteiger partial charge in [-0.1, -0.05) is 43.2 Å². The van der Waals surface area contributed by atoms with Crippen molar-refractivity contribution in [3.63, 3.8) is 0 Å². The minimum absolute atomic E-state index is 0.0614. The van der Waals surface area contributed by atoms with Gasteiger partial charge < -0.3 is 5.32 Å². The summed E-state index contributed by atoms with van der Waals surface area (Å²) in [4.78, 5) is 12.4. The molecule has 2 aromatic carbocycles. The number of sulfonamides is 1. The van der Waals surface area contributed by atoms with Crippen molar-refractivity contribution in [3.8, 4) is 0 Å². The molecule has 0 atom stereocenters. The summed E-state index contributed by atoms with van der Waals surface area (Å²) < 4.78 is 27.2. The Morgan fingerprint density at radius 3 is 2.24 bits per heavy atom. The second kappa shape index (κ2) is 10.8. The van der Waals surface area contributed by atoms with Gasteiger partial charge in [-0.2, -0.15) is 16.1 Å². The predicted octanol–water partition coefficient (Wildman–Crippen LogP) is 4.51. The van der Waals surface area contributed by atoms with Gasteiger partial charge >= 0.3 is 0 Å². The number of nitrogens with one attached hydrogen (secondary N) is 1. The van der Waals surface area contributed by atoms with E-state index in [-0.39, 0.29) is 10.8 Å². The van der Waals surface area contributed by atoms with E-state index in [4.69, 9.17) is 0 Å². The highest BCUT2D eigenvalue weighted by atomic mass is 32.2. The third kappa shape index (κ3) is 6.59. The summed E-state index contributed by atoms with van der Waals surface area (Å²) in [5, 5.41) is 2.85. The average Bonchev–Trinajstić information content (AvgIpc) is 3.03.